The van der Waals surface area contributed by atoms with Crippen molar-refractivity contribution in [3.8, 4) is 0 Å². The molecule has 124 valence electrons. The first kappa shape index (κ1) is 16.9. The molecule has 1 fully saturated rings. The molecular weight excluding hydrogens is 298 g/mol. The van der Waals surface area contributed by atoms with Crippen molar-refractivity contribution in [2.45, 2.75) is 32.1 Å². The van der Waals surface area contributed by atoms with Crippen molar-refractivity contribution in [1.29, 1.82) is 0 Å². The summed E-state index contributed by atoms with van der Waals surface area (Å²) in [6, 6.07) is 5.87. The van der Waals surface area contributed by atoms with E-state index in [2.05, 4.69) is 5.32 Å². The summed E-state index contributed by atoms with van der Waals surface area (Å²) in [7, 11) is 0. The summed E-state index contributed by atoms with van der Waals surface area (Å²) in [5.74, 6) is -0.285. The molecule has 0 spiro atoms. The lowest BCUT2D eigenvalue weighted by Gasteiger charge is -2.20. The van der Waals surface area contributed by atoms with Crippen molar-refractivity contribution in [3.63, 3.8) is 0 Å². The summed E-state index contributed by atoms with van der Waals surface area (Å²) in [6.45, 7) is 1.77. The highest BCUT2D eigenvalue weighted by Gasteiger charge is 2.19. The smallest absolute Gasteiger partial charge is 0.282 e. The number of rotatable bonds is 6. The topological polar surface area (TPSA) is 92.6 Å². The van der Waals surface area contributed by atoms with Crippen LogP contribution in [0.1, 0.15) is 42.5 Å². The normalized spacial score (nSPS) is 15.1. The second kappa shape index (κ2) is 8.26. The number of nitrogens with one attached hydrogen (secondary N) is 1. The number of nitro benzene ring substituents is 1. The number of benzene rings is 1. The number of nitro groups is 1. The Labute approximate surface area is 134 Å². The van der Waals surface area contributed by atoms with Gasteiger partial charge in [0.05, 0.1) is 4.92 Å². The molecule has 0 saturated carbocycles. The van der Waals surface area contributed by atoms with Crippen LogP contribution in [0.4, 0.5) is 5.69 Å². The zero-order chi connectivity index (χ0) is 16.7. The fourth-order valence-corrected chi connectivity index (χ4v) is 2.67. The summed E-state index contributed by atoms with van der Waals surface area (Å²) in [4.78, 5) is 36.1. The Balaban J connectivity index is 1.81. The van der Waals surface area contributed by atoms with Gasteiger partial charge in [-0.2, -0.15) is 0 Å². The molecule has 7 heteroatoms. The quantitative estimate of drug-likeness (QED) is 0.494. The zero-order valence-electron chi connectivity index (χ0n) is 13.0. The molecule has 1 saturated heterocycles. The number of hydrogen-bond acceptors (Lipinski definition) is 4. The second-order valence-electron chi connectivity index (χ2n) is 5.58. The van der Waals surface area contributed by atoms with Crippen LogP contribution in [0.3, 0.4) is 0 Å². The molecule has 1 aromatic carbocycles. The molecule has 23 heavy (non-hydrogen) atoms. The molecule has 1 aliphatic rings. The average molecular weight is 319 g/mol. The van der Waals surface area contributed by atoms with Crippen molar-refractivity contribution in [3.05, 3.63) is 39.9 Å². The number of nitrogens with zero attached hydrogens (tertiary/aromatic N) is 2. The molecule has 1 N–H and O–H groups in total. The van der Waals surface area contributed by atoms with Gasteiger partial charge in [-0.15, -0.1) is 0 Å². The molecule has 2 amide bonds. The molecule has 0 radical (unpaired) electrons. The Kier molecular flexibility index (Phi) is 6.08. The predicted molar refractivity (Wildman–Crippen MR) is 85.1 cm³/mol. The average Bonchev–Trinajstić information content (AvgIpc) is 2.76. The molecule has 1 aliphatic heterocycles. The van der Waals surface area contributed by atoms with Gasteiger partial charge in [-0.1, -0.05) is 18.6 Å². The minimum atomic E-state index is -0.565. The van der Waals surface area contributed by atoms with Crippen LogP contribution in [0, 0.1) is 10.1 Å². The SMILES string of the molecule is O=C(NCCCN1CCCCCC1=O)c1ccccc1[N+](=O)[O-]. The van der Waals surface area contributed by atoms with E-state index in [1.165, 1.54) is 18.2 Å². The number of carbonyl (C=O) groups excluding carboxylic acids is 2. The van der Waals surface area contributed by atoms with Crippen LogP contribution in [-0.2, 0) is 4.79 Å². The third kappa shape index (κ3) is 4.77. The van der Waals surface area contributed by atoms with E-state index < -0.39 is 10.8 Å². The summed E-state index contributed by atoms with van der Waals surface area (Å²) < 4.78 is 0. The monoisotopic (exact) mass is 319 g/mol. The van der Waals surface area contributed by atoms with E-state index in [0.717, 1.165) is 25.8 Å². The first-order valence-corrected chi connectivity index (χ1v) is 7.89. The standard InChI is InChI=1S/C16H21N3O4/c20-15-9-2-1-5-11-18(15)12-6-10-17-16(21)13-7-3-4-8-14(13)19(22)23/h3-4,7-8H,1-2,5-6,9-12H2,(H,17,21). The van der Waals surface area contributed by atoms with Gasteiger partial charge in [0.1, 0.15) is 5.56 Å². The highest BCUT2D eigenvalue weighted by atomic mass is 16.6. The van der Waals surface area contributed by atoms with Crippen molar-refractivity contribution in [1.82, 2.24) is 10.2 Å². The van der Waals surface area contributed by atoms with E-state index in [1.807, 2.05) is 4.90 Å². The van der Waals surface area contributed by atoms with Crippen molar-refractivity contribution in [2.24, 2.45) is 0 Å². The number of hydrogen-bond donors (Lipinski definition) is 1. The van der Waals surface area contributed by atoms with E-state index in [4.69, 9.17) is 0 Å². The second-order valence-corrected chi connectivity index (χ2v) is 5.58. The molecule has 0 aliphatic carbocycles. The third-order valence-corrected chi connectivity index (χ3v) is 3.91. The van der Waals surface area contributed by atoms with E-state index in [-0.39, 0.29) is 17.2 Å². The van der Waals surface area contributed by atoms with Crippen LogP contribution in [0.15, 0.2) is 24.3 Å². The maximum atomic E-state index is 12.0. The lowest BCUT2D eigenvalue weighted by Crippen LogP contribution is -2.34. The molecule has 0 bridgehead atoms. The fourth-order valence-electron chi connectivity index (χ4n) is 2.67. The highest BCUT2D eigenvalue weighted by molar-refractivity contribution is 5.98. The van der Waals surface area contributed by atoms with Gasteiger partial charge >= 0.3 is 0 Å². The largest absolute Gasteiger partial charge is 0.352 e. The molecule has 7 nitrogen and oxygen atoms in total. The maximum absolute atomic E-state index is 12.0. The Morgan fingerprint density at radius 3 is 2.83 bits per heavy atom. The molecule has 0 unspecified atom stereocenters. The van der Waals surface area contributed by atoms with E-state index in [9.17, 15) is 19.7 Å². The molecule has 2 rings (SSSR count). The summed E-state index contributed by atoms with van der Waals surface area (Å²) >= 11 is 0. The van der Waals surface area contributed by atoms with Gasteiger partial charge in [0.2, 0.25) is 5.91 Å². The summed E-state index contributed by atoms with van der Waals surface area (Å²) in [6.07, 6.45) is 4.29. The predicted octanol–water partition coefficient (Wildman–Crippen LogP) is 2.12. The van der Waals surface area contributed by atoms with Gasteiger partial charge in [-0.3, -0.25) is 19.7 Å². The fraction of sp³-hybridized carbons (Fsp3) is 0.500. The Morgan fingerprint density at radius 1 is 1.26 bits per heavy atom. The number of amides is 2. The highest BCUT2D eigenvalue weighted by Crippen LogP contribution is 2.17. The van der Waals surface area contributed by atoms with E-state index in [0.29, 0.717) is 25.9 Å². The lowest BCUT2D eigenvalue weighted by atomic mass is 10.1. The molecule has 1 aromatic rings. The Bertz CT molecular complexity index is 588. The van der Waals surface area contributed by atoms with Gasteiger partial charge in [0.15, 0.2) is 0 Å². The molecule has 1 heterocycles. The third-order valence-electron chi connectivity index (χ3n) is 3.91. The number of likely N-dealkylation sites (tertiary alicyclic amines) is 1. The van der Waals surface area contributed by atoms with Crippen LogP contribution < -0.4 is 5.32 Å². The van der Waals surface area contributed by atoms with Crippen LogP contribution >= 0.6 is 0 Å². The lowest BCUT2D eigenvalue weighted by molar-refractivity contribution is -0.385. The summed E-state index contributed by atoms with van der Waals surface area (Å²) in [5, 5.41) is 13.6. The molecule has 0 atom stereocenters. The minimum absolute atomic E-state index is 0.0587. The zero-order valence-corrected chi connectivity index (χ0v) is 13.0. The van der Waals surface area contributed by atoms with E-state index in [1.54, 1.807) is 6.07 Å². The van der Waals surface area contributed by atoms with E-state index >= 15 is 0 Å². The first-order valence-electron chi connectivity index (χ1n) is 7.89. The van der Waals surface area contributed by atoms with Gasteiger partial charge in [-0.25, -0.2) is 0 Å². The van der Waals surface area contributed by atoms with Crippen molar-refractivity contribution in [2.75, 3.05) is 19.6 Å². The number of para-hydroxylation sites is 1. The van der Waals surface area contributed by atoms with Gasteiger partial charge in [0.25, 0.3) is 11.6 Å². The minimum Gasteiger partial charge on any atom is -0.352 e. The van der Waals surface area contributed by atoms with Crippen LogP contribution in [0.5, 0.6) is 0 Å². The Hall–Kier alpha value is -2.44. The number of carbonyl (C=O) groups is 2. The van der Waals surface area contributed by atoms with Gasteiger partial charge in [0, 0.05) is 32.1 Å². The van der Waals surface area contributed by atoms with Crippen molar-refractivity contribution >= 4 is 17.5 Å². The van der Waals surface area contributed by atoms with Crippen LogP contribution in [0.2, 0.25) is 0 Å². The molecular formula is C16H21N3O4. The first-order chi connectivity index (χ1) is 11.1. The maximum Gasteiger partial charge on any atom is 0.282 e. The van der Waals surface area contributed by atoms with Gasteiger partial charge < -0.3 is 10.2 Å². The Morgan fingerprint density at radius 2 is 2.04 bits per heavy atom. The van der Waals surface area contributed by atoms with Crippen LogP contribution in [-0.4, -0.2) is 41.3 Å². The van der Waals surface area contributed by atoms with Crippen LogP contribution in [0.25, 0.3) is 0 Å². The molecule has 0 aromatic heterocycles. The van der Waals surface area contributed by atoms with Gasteiger partial charge in [-0.05, 0) is 25.3 Å². The summed E-state index contributed by atoms with van der Waals surface area (Å²) in [5.41, 5.74) is -0.143. The van der Waals surface area contributed by atoms with Crippen molar-refractivity contribution < 1.29 is 14.5 Å².